The summed E-state index contributed by atoms with van der Waals surface area (Å²) in [6.45, 7) is 0. The highest BCUT2D eigenvalue weighted by atomic mass is 32.2. The monoisotopic (exact) mass is 555 g/mol. The number of thioether (sulfide) groups is 1. The first-order valence-corrected chi connectivity index (χ1v) is 12.9. The van der Waals surface area contributed by atoms with E-state index in [-0.39, 0.29) is 31.4 Å². The fraction of sp³-hybridized carbons (Fsp3) is 0.478. The lowest BCUT2D eigenvalue weighted by Gasteiger charge is -2.25. The highest BCUT2D eigenvalue weighted by Crippen LogP contribution is 2.12. The number of benzene rings is 1. The van der Waals surface area contributed by atoms with E-state index in [4.69, 9.17) is 16.6 Å². The summed E-state index contributed by atoms with van der Waals surface area (Å²) in [7, 11) is 0. The zero-order valence-electron chi connectivity index (χ0n) is 20.7. The molecule has 10 N–H and O–H groups in total. The molecule has 14 nitrogen and oxygen atoms in total. The Balaban J connectivity index is 3.13. The summed E-state index contributed by atoms with van der Waals surface area (Å²) >= 11 is 1.39. The van der Waals surface area contributed by atoms with Crippen molar-refractivity contribution < 1.29 is 44.1 Å². The average molecular weight is 556 g/mol. The van der Waals surface area contributed by atoms with Crippen LogP contribution in [0.25, 0.3) is 0 Å². The molecule has 0 saturated heterocycles. The van der Waals surface area contributed by atoms with Crippen LogP contribution in [0.5, 0.6) is 5.75 Å². The van der Waals surface area contributed by atoms with Crippen LogP contribution in [0, 0.1) is 0 Å². The molecular weight excluding hydrogens is 522 g/mol. The molecule has 0 aromatic heterocycles. The second-order valence-electron chi connectivity index (χ2n) is 8.38. The number of phenolic OH excluding ortho intramolecular Hbond substituents is 1. The van der Waals surface area contributed by atoms with E-state index < -0.39 is 66.2 Å². The van der Waals surface area contributed by atoms with Crippen molar-refractivity contribution in [2.45, 2.75) is 56.3 Å². The molecule has 1 rings (SSSR count). The van der Waals surface area contributed by atoms with Crippen LogP contribution in [0.1, 0.15) is 31.2 Å². The minimum absolute atomic E-state index is 0.0368. The van der Waals surface area contributed by atoms with Crippen molar-refractivity contribution in [3.05, 3.63) is 29.8 Å². The van der Waals surface area contributed by atoms with E-state index >= 15 is 0 Å². The van der Waals surface area contributed by atoms with Crippen LogP contribution in [0.2, 0.25) is 0 Å². The molecule has 0 aliphatic carbocycles. The van der Waals surface area contributed by atoms with Gasteiger partial charge in [0.15, 0.2) is 0 Å². The molecule has 0 saturated carbocycles. The normalized spacial score (nSPS) is 13.8. The quantitative estimate of drug-likeness (QED) is 0.107. The van der Waals surface area contributed by atoms with Gasteiger partial charge in [-0.3, -0.25) is 24.0 Å². The number of carboxylic acids is 2. The van der Waals surface area contributed by atoms with Crippen LogP contribution in [0.15, 0.2) is 24.3 Å². The SMILES string of the molecule is CSCCC(NC(=O)C(N)CCC(=O)O)C(=O)NC(Cc1ccc(O)cc1)C(=O)NC(CC(N)=O)C(=O)O. The minimum Gasteiger partial charge on any atom is -0.508 e. The van der Waals surface area contributed by atoms with Crippen molar-refractivity contribution in [1.29, 1.82) is 0 Å². The molecule has 1 aromatic rings. The van der Waals surface area contributed by atoms with E-state index in [0.29, 0.717) is 11.3 Å². The van der Waals surface area contributed by atoms with E-state index in [9.17, 15) is 39.0 Å². The molecule has 0 bridgehead atoms. The number of nitrogens with one attached hydrogen (secondary N) is 3. The molecule has 0 radical (unpaired) electrons. The maximum atomic E-state index is 13.1. The van der Waals surface area contributed by atoms with Gasteiger partial charge in [0.2, 0.25) is 23.6 Å². The number of hydrogen-bond donors (Lipinski definition) is 8. The van der Waals surface area contributed by atoms with Gasteiger partial charge >= 0.3 is 11.9 Å². The molecule has 0 aliphatic rings. The molecule has 4 unspecified atom stereocenters. The van der Waals surface area contributed by atoms with Crippen LogP contribution in [0.3, 0.4) is 0 Å². The van der Waals surface area contributed by atoms with E-state index in [1.807, 2.05) is 0 Å². The summed E-state index contributed by atoms with van der Waals surface area (Å²) in [6.07, 6.45) is 0.629. The smallest absolute Gasteiger partial charge is 0.326 e. The van der Waals surface area contributed by atoms with Crippen LogP contribution in [0.4, 0.5) is 0 Å². The highest BCUT2D eigenvalue weighted by molar-refractivity contribution is 7.98. The number of phenols is 1. The zero-order valence-corrected chi connectivity index (χ0v) is 21.5. The van der Waals surface area contributed by atoms with Crippen LogP contribution in [-0.2, 0) is 35.2 Å². The first-order valence-electron chi connectivity index (χ1n) is 11.5. The third-order valence-electron chi connectivity index (χ3n) is 5.28. The lowest BCUT2D eigenvalue weighted by molar-refractivity contribution is -0.143. The Morgan fingerprint density at radius 2 is 1.42 bits per heavy atom. The highest BCUT2D eigenvalue weighted by Gasteiger charge is 2.31. The van der Waals surface area contributed by atoms with Crippen LogP contribution in [-0.4, -0.2) is 87.1 Å². The summed E-state index contributed by atoms with van der Waals surface area (Å²) in [5, 5.41) is 34.8. The number of aromatic hydroxyl groups is 1. The summed E-state index contributed by atoms with van der Waals surface area (Å²) < 4.78 is 0. The number of rotatable bonds is 17. The topological polar surface area (TPSA) is 251 Å². The summed E-state index contributed by atoms with van der Waals surface area (Å²) in [5.41, 5.74) is 11.3. The standard InChI is InChI=1S/C23H33N5O9S/c1-38-9-8-15(26-20(33)14(24)6-7-19(31)32)21(34)27-16(10-12-2-4-13(29)5-3-12)22(35)28-17(23(36)37)11-18(25)30/h2-5,14-17,29H,6-11,24H2,1H3,(H2,25,30)(H,26,33)(H,27,34)(H,28,35)(H,31,32)(H,36,37). The largest absolute Gasteiger partial charge is 0.508 e. The minimum atomic E-state index is -1.64. The van der Waals surface area contributed by atoms with Gasteiger partial charge in [0.05, 0.1) is 12.5 Å². The number of carbonyl (C=O) groups is 6. The van der Waals surface area contributed by atoms with E-state index in [1.165, 1.54) is 36.0 Å². The molecule has 4 amide bonds. The first kappa shape index (κ1) is 32.2. The molecule has 0 aliphatic heterocycles. The summed E-state index contributed by atoms with van der Waals surface area (Å²) in [5.74, 6) is -5.64. The molecule has 15 heteroatoms. The Hall–Kier alpha value is -3.85. The number of carboxylic acid groups (broad SMARTS) is 2. The third kappa shape index (κ3) is 11.9. The number of amides is 4. The van der Waals surface area contributed by atoms with E-state index in [1.54, 1.807) is 6.26 Å². The van der Waals surface area contributed by atoms with Gasteiger partial charge in [-0.15, -0.1) is 0 Å². The van der Waals surface area contributed by atoms with Crippen molar-refractivity contribution in [3.63, 3.8) is 0 Å². The predicted octanol–water partition coefficient (Wildman–Crippen LogP) is -1.71. The molecule has 0 fully saturated rings. The Kier molecular flexibility index (Phi) is 13.6. The maximum absolute atomic E-state index is 13.1. The van der Waals surface area contributed by atoms with Crippen molar-refractivity contribution in [1.82, 2.24) is 16.0 Å². The van der Waals surface area contributed by atoms with Gasteiger partial charge in [-0.2, -0.15) is 11.8 Å². The summed E-state index contributed by atoms with van der Waals surface area (Å²) in [4.78, 5) is 72.1. The molecule has 0 heterocycles. The van der Waals surface area contributed by atoms with E-state index in [2.05, 4.69) is 16.0 Å². The number of aliphatic carboxylic acids is 2. The molecule has 1 aromatic carbocycles. The van der Waals surface area contributed by atoms with Gasteiger partial charge in [0.25, 0.3) is 0 Å². The summed E-state index contributed by atoms with van der Waals surface area (Å²) in [6, 6.07) is 0.412. The second-order valence-corrected chi connectivity index (χ2v) is 9.37. The molecule has 210 valence electrons. The van der Waals surface area contributed by atoms with Crippen molar-refractivity contribution >= 4 is 47.3 Å². The van der Waals surface area contributed by atoms with Crippen LogP contribution < -0.4 is 27.4 Å². The Labute approximate surface area is 222 Å². The van der Waals surface area contributed by atoms with Gasteiger partial charge in [0.1, 0.15) is 23.9 Å². The fourth-order valence-corrected chi connectivity index (χ4v) is 3.69. The van der Waals surface area contributed by atoms with Gasteiger partial charge in [-0.25, -0.2) is 4.79 Å². The predicted molar refractivity (Wildman–Crippen MR) is 137 cm³/mol. The van der Waals surface area contributed by atoms with Crippen molar-refractivity contribution in [2.24, 2.45) is 11.5 Å². The van der Waals surface area contributed by atoms with Gasteiger partial charge < -0.3 is 42.7 Å². The molecule has 38 heavy (non-hydrogen) atoms. The van der Waals surface area contributed by atoms with Crippen molar-refractivity contribution in [2.75, 3.05) is 12.0 Å². The Morgan fingerprint density at radius 3 is 1.95 bits per heavy atom. The third-order valence-corrected chi connectivity index (χ3v) is 5.92. The maximum Gasteiger partial charge on any atom is 0.326 e. The molecular formula is C23H33N5O9S. The first-order chi connectivity index (χ1) is 17.8. The lowest BCUT2D eigenvalue weighted by Crippen LogP contribution is -2.58. The number of hydrogen-bond acceptors (Lipinski definition) is 9. The van der Waals surface area contributed by atoms with Crippen LogP contribution >= 0.6 is 11.8 Å². The fourth-order valence-electron chi connectivity index (χ4n) is 3.22. The lowest BCUT2D eigenvalue weighted by atomic mass is 10.0. The van der Waals surface area contributed by atoms with Gasteiger partial charge in [-0.1, -0.05) is 12.1 Å². The van der Waals surface area contributed by atoms with Crippen molar-refractivity contribution in [3.8, 4) is 5.75 Å². The second kappa shape index (κ2) is 16.1. The van der Waals surface area contributed by atoms with Gasteiger partial charge in [0, 0.05) is 12.8 Å². The Morgan fingerprint density at radius 1 is 0.868 bits per heavy atom. The number of carbonyl (C=O) groups excluding carboxylic acids is 4. The zero-order chi connectivity index (χ0) is 28.8. The number of nitrogens with two attached hydrogens (primary N) is 2. The van der Waals surface area contributed by atoms with Gasteiger partial charge in [-0.05, 0) is 42.5 Å². The van der Waals surface area contributed by atoms with E-state index in [0.717, 1.165) is 0 Å². The molecule has 0 spiro atoms. The Bertz CT molecular complexity index is 1010. The number of primary amides is 1. The average Bonchev–Trinajstić information content (AvgIpc) is 2.84. The molecule has 4 atom stereocenters.